The van der Waals surface area contributed by atoms with Gasteiger partial charge in [-0.25, -0.2) is 29.1 Å². The van der Waals surface area contributed by atoms with Crippen molar-refractivity contribution in [1.29, 1.82) is 0 Å². The van der Waals surface area contributed by atoms with Gasteiger partial charge in [0, 0.05) is 11.1 Å². The van der Waals surface area contributed by atoms with Gasteiger partial charge in [0.2, 0.25) is 0 Å². The van der Waals surface area contributed by atoms with Crippen LogP contribution in [-0.4, -0.2) is 62.3 Å². The highest BCUT2D eigenvalue weighted by atomic mass is 16.5. The lowest BCUT2D eigenvalue weighted by atomic mass is 9.99. The molecule has 1 heterocycles. The quantitative estimate of drug-likeness (QED) is 0.396. The maximum Gasteiger partial charge on any atom is 0.357 e. The third-order valence-corrected chi connectivity index (χ3v) is 4.83. The third-order valence-electron chi connectivity index (χ3n) is 4.83. The molecule has 2 aromatic carbocycles. The van der Waals surface area contributed by atoms with Crippen molar-refractivity contribution >= 4 is 23.9 Å². The molecule has 0 aliphatic rings. The maximum absolute atomic E-state index is 12.7. The van der Waals surface area contributed by atoms with E-state index in [2.05, 4.69) is 14.7 Å². The Hall–Kier alpha value is -4.60. The summed E-state index contributed by atoms with van der Waals surface area (Å²) in [7, 11) is 4.88. The number of esters is 4. The van der Waals surface area contributed by atoms with Gasteiger partial charge in [-0.15, -0.1) is 0 Å². The van der Waals surface area contributed by atoms with Gasteiger partial charge in [0.25, 0.3) is 0 Å². The Morgan fingerprint density at radius 3 is 1.24 bits per heavy atom. The lowest BCUT2D eigenvalue weighted by molar-refractivity contribution is 0.0581. The number of carbonyl (C=O) groups excluding carboxylic acids is 4. The van der Waals surface area contributed by atoms with Gasteiger partial charge in [-0.1, -0.05) is 24.3 Å². The van der Waals surface area contributed by atoms with E-state index in [1.807, 2.05) is 0 Å². The third kappa shape index (κ3) is 4.75. The second-order valence-electron chi connectivity index (χ2n) is 6.74. The molecule has 0 saturated carbocycles. The van der Waals surface area contributed by atoms with Crippen LogP contribution in [0.2, 0.25) is 0 Å². The Morgan fingerprint density at radius 2 is 0.882 bits per heavy atom. The van der Waals surface area contributed by atoms with Crippen molar-refractivity contribution in [3.05, 3.63) is 71.0 Å². The number of rotatable bonds is 6. The van der Waals surface area contributed by atoms with Crippen molar-refractivity contribution in [2.24, 2.45) is 0 Å². The van der Waals surface area contributed by atoms with Crippen molar-refractivity contribution in [2.75, 3.05) is 28.4 Å². The van der Waals surface area contributed by atoms with Crippen molar-refractivity contribution in [3.8, 4) is 22.5 Å². The second-order valence-corrected chi connectivity index (χ2v) is 6.74. The van der Waals surface area contributed by atoms with Crippen LogP contribution in [0.3, 0.4) is 0 Å². The molecule has 0 saturated heterocycles. The number of hydrogen-bond donors (Lipinski definition) is 0. The minimum atomic E-state index is -0.813. The fourth-order valence-electron chi connectivity index (χ4n) is 3.12. The average Bonchev–Trinajstić information content (AvgIpc) is 2.90. The molecule has 0 spiro atoms. The summed E-state index contributed by atoms with van der Waals surface area (Å²) < 4.78 is 19.2. The number of aromatic nitrogens is 2. The molecule has 3 rings (SSSR count). The van der Waals surface area contributed by atoms with Gasteiger partial charge in [0.15, 0.2) is 17.2 Å². The van der Waals surface area contributed by atoms with Gasteiger partial charge in [0.05, 0.1) is 39.6 Å². The Balaban J connectivity index is 2.23. The number of methoxy groups -OCH3 is 4. The highest BCUT2D eigenvalue weighted by molar-refractivity contribution is 6.04. The van der Waals surface area contributed by atoms with Gasteiger partial charge in [0.1, 0.15) is 0 Å². The normalized spacial score (nSPS) is 10.2. The Kier molecular flexibility index (Phi) is 7.32. The van der Waals surface area contributed by atoms with Gasteiger partial charge in [-0.05, 0) is 29.8 Å². The Bertz CT molecular complexity index is 1210. The lowest BCUT2D eigenvalue weighted by Gasteiger charge is -2.14. The highest BCUT2D eigenvalue weighted by Crippen LogP contribution is 2.30. The van der Waals surface area contributed by atoms with Crippen LogP contribution in [-0.2, 0) is 18.9 Å². The Morgan fingerprint density at radius 1 is 0.529 bits per heavy atom. The monoisotopic (exact) mass is 464 g/mol. The number of hydrogen-bond acceptors (Lipinski definition) is 10. The summed E-state index contributed by atoms with van der Waals surface area (Å²) in [6.07, 6.45) is 0. The van der Waals surface area contributed by atoms with Crippen molar-refractivity contribution in [2.45, 2.75) is 0 Å². The number of carbonyl (C=O) groups is 4. The van der Waals surface area contributed by atoms with E-state index >= 15 is 0 Å². The molecule has 0 bridgehead atoms. The van der Waals surface area contributed by atoms with E-state index in [0.29, 0.717) is 16.7 Å². The van der Waals surface area contributed by atoms with E-state index in [4.69, 9.17) is 14.2 Å². The van der Waals surface area contributed by atoms with Crippen LogP contribution in [0.25, 0.3) is 22.5 Å². The molecule has 0 fully saturated rings. The van der Waals surface area contributed by atoms with Crippen LogP contribution in [0, 0.1) is 0 Å². The standard InChI is InChI=1S/C24H20N2O8/c1-31-21(27)15-9-5-13(6-10-15)17-18(23(29)33-3)25-20(26-19(17)24(30)34-4)14-7-11-16(12-8-14)22(28)32-2/h5-12H,1-4H3. The predicted octanol–water partition coefficient (Wildman–Crippen LogP) is 2.96. The summed E-state index contributed by atoms with van der Waals surface area (Å²) in [5.74, 6) is -2.66. The van der Waals surface area contributed by atoms with E-state index < -0.39 is 23.9 Å². The molecular formula is C24H20N2O8. The molecule has 1 aromatic heterocycles. The molecule has 10 nitrogen and oxygen atoms in total. The first-order chi connectivity index (χ1) is 16.3. The predicted molar refractivity (Wildman–Crippen MR) is 118 cm³/mol. The molecule has 0 atom stereocenters. The van der Waals surface area contributed by atoms with Crippen molar-refractivity contribution in [3.63, 3.8) is 0 Å². The van der Waals surface area contributed by atoms with E-state index in [9.17, 15) is 19.2 Å². The SMILES string of the molecule is COC(=O)c1ccc(-c2nc(C(=O)OC)c(-c3ccc(C(=O)OC)cc3)c(C(=O)OC)n2)cc1. The molecule has 0 radical (unpaired) electrons. The smallest absolute Gasteiger partial charge is 0.357 e. The second kappa shape index (κ2) is 10.3. The minimum absolute atomic E-state index is 0.0344. The summed E-state index contributed by atoms with van der Waals surface area (Å²) in [5.41, 5.74) is 1.08. The van der Waals surface area contributed by atoms with Crippen molar-refractivity contribution < 1.29 is 38.1 Å². The molecule has 34 heavy (non-hydrogen) atoms. The number of benzene rings is 2. The molecular weight excluding hydrogens is 444 g/mol. The summed E-state index contributed by atoms with van der Waals surface area (Å²) >= 11 is 0. The van der Waals surface area contributed by atoms with Gasteiger partial charge >= 0.3 is 23.9 Å². The summed E-state index contributed by atoms with van der Waals surface area (Å²) in [5, 5.41) is 0. The maximum atomic E-state index is 12.7. The summed E-state index contributed by atoms with van der Waals surface area (Å²) in [6.45, 7) is 0. The minimum Gasteiger partial charge on any atom is -0.465 e. The zero-order valence-corrected chi connectivity index (χ0v) is 18.8. The molecule has 0 amide bonds. The molecule has 0 aliphatic heterocycles. The zero-order chi connectivity index (χ0) is 24.8. The first-order valence-corrected chi connectivity index (χ1v) is 9.80. The summed E-state index contributed by atoms with van der Waals surface area (Å²) in [6, 6.07) is 12.1. The topological polar surface area (TPSA) is 131 Å². The van der Waals surface area contributed by atoms with E-state index in [-0.39, 0.29) is 28.3 Å². The van der Waals surface area contributed by atoms with Crippen molar-refractivity contribution in [1.82, 2.24) is 9.97 Å². The van der Waals surface area contributed by atoms with Crippen LogP contribution in [0.15, 0.2) is 48.5 Å². The van der Waals surface area contributed by atoms with E-state index in [1.165, 1.54) is 64.8 Å². The van der Waals surface area contributed by atoms with Gasteiger partial charge in [-0.3, -0.25) is 0 Å². The number of ether oxygens (including phenoxy) is 4. The lowest BCUT2D eigenvalue weighted by Crippen LogP contribution is -2.16. The van der Waals surface area contributed by atoms with E-state index in [0.717, 1.165) is 0 Å². The van der Waals surface area contributed by atoms with Gasteiger partial charge < -0.3 is 18.9 Å². The molecule has 0 unspecified atom stereocenters. The van der Waals surface area contributed by atoms with Crippen LogP contribution in [0.1, 0.15) is 41.7 Å². The Labute approximate surface area is 194 Å². The molecule has 10 heteroatoms. The first kappa shape index (κ1) is 24.1. The fraction of sp³-hybridized carbons (Fsp3) is 0.167. The van der Waals surface area contributed by atoms with Crippen LogP contribution in [0.5, 0.6) is 0 Å². The van der Waals surface area contributed by atoms with Crippen LogP contribution in [0.4, 0.5) is 0 Å². The highest BCUT2D eigenvalue weighted by Gasteiger charge is 2.27. The zero-order valence-electron chi connectivity index (χ0n) is 18.8. The molecule has 3 aromatic rings. The molecule has 0 aliphatic carbocycles. The molecule has 0 N–H and O–H groups in total. The van der Waals surface area contributed by atoms with Crippen LogP contribution >= 0.6 is 0 Å². The van der Waals surface area contributed by atoms with Crippen LogP contribution < -0.4 is 0 Å². The number of nitrogens with zero attached hydrogens (tertiary/aromatic N) is 2. The van der Waals surface area contributed by atoms with Gasteiger partial charge in [-0.2, -0.15) is 0 Å². The summed E-state index contributed by atoms with van der Waals surface area (Å²) in [4.78, 5) is 57.5. The average molecular weight is 464 g/mol. The molecule has 174 valence electrons. The first-order valence-electron chi connectivity index (χ1n) is 9.80. The van der Waals surface area contributed by atoms with E-state index in [1.54, 1.807) is 12.1 Å². The largest absolute Gasteiger partial charge is 0.465 e. The fourth-order valence-corrected chi connectivity index (χ4v) is 3.12.